The summed E-state index contributed by atoms with van der Waals surface area (Å²) in [4.78, 5) is 9.57. The third-order valence-corrected chi connectivity index (χ3v) is 1.89. The third kappa shape index (κ3) is 3.56. The lowest BCUT2D eigenvalue weighted by atomic mass is 10.1. The highest BCUT2D eigenvalue weighted by atomic mass is 19.4. The Labute approximate surface area is 94.1 Å². The fourth-order valence-electron chi connectivity index (χ4n) is 1.19. The number of nitro groups is 1. The minimum atomic E-state index is -4.65. The number of non-ortho nitro benzene ring substituents is 1. The Bertz CT molecular complexity index is 455. The first-order valence-electron chi connectivity index (χ1n) is 4.48. The van der Waals surface area contributed by atoms with Gasteiger partial charge in [0.1, 0.15) is 0 Å². The molecule has 0 aliphatic heterocycles. The van der Waals surface area contributed by atoms with Crippen LogP contribution in [0.2, 0.25) is 0 Å². The van der Waals surface area contributed by atoms with Gasteiger partial charge in [0.15, 0.2) is 0 Å². The predicted octanol–water partition coefficient (Wildman–Crippen LogP) is 2.62. The van der Waals surface area contributed by atoms with Crippen LogP contribution in [0.4, 0.5) is 18.9 Å². The molecule has 1 aromatic rings. The number of hydrogen-bond acceptors (Lipinski definition) is 3. The zero-order valence-electron chi connectivity index (χ0n) is 8.44. The maximum absolute atomic E-state index is 12.4. The minimum Gasteiger partial charge on any atom is -0.392 e. The fourth-order valence-corrected chi connectivity index (χ4v) is 1.19. The van der Waals surface area contributed by atoms with E-state index < -0.39 is 22.4 Å². The van der Waals surface area contributed by atoms with Gasteiger partial charge in [-0.2, -0.15) is 13.2 Å². The molecule has 1 aromatic carbocycles. The van der Waals surface area contributed by atoms with E-state index >= 15 is 0 Å². The first-order chi connectivity index (χ1) is 7.84. The molecule has 0 fully saturated rings. The van der Waals surface area contributed by atoms with Gasteiger partial charge in [0.2, 0.25) is 0 Å². The molecule has 0 amide bonds. The molecule has 4 nitrogen and oxygen atoms in total. The van der Waals surface area contributed by atoms with Gasteiger partial charge in [0, 0.05) is 12.1 Å². The summed E-state index contributed by atoms with van der Waals surface area (Å²) in [5.74, 6) is 0. The normalized spacial score (nSPS) is 12.0. The molecule has 0 unspecified atom stereocenters. The lowest BCUT2D eigenvalue weighted by Gasteiger charge is -2.07. The van der Waals surface area contributed by atoms with Crippen LogP contribution in [0.3, 0.4) is 0 Å². The lowest BCUT2D eigenvalue weighted by molar-refractivity contribution is -0.385. The predicted molar refractivity (Wildman–Crippen MR) is 54.2 cm³/mol. The van der Waals surface area contributed by atoms with E-state index in [1.165, 1.54) is 12.2 Å². The topological polar surface area (TPSA) is 63.4 Å². The molecule has 17 heavy (non-hydrogen) atoms. The molecule has 1 rings (SSSR count). The highest BCUT2D eigenvalue weighted by Gasteiger charge is 2.32. The largest absolute Gasteiger partial charge is 0.416 e. The van der Waals surface area contributed by atoms with E-state index in [9.17, 15) is 23.3 Å². The number of nitrogens with zero attached hydrogens (tertiary/aromatic N) is 1. The van der Waals surface area contributed by atoms with Gasteiger partial charge in [-0.3, -0.25) is 10.1 Å². The lowest BCUT2D eigenvalue weighted by Crippen LogP contribution is -2.06. The molecule has 0 saturated carbocycles. The summed E-state index contributed by atoms with van der Waals surface area (Å²) in [6, 6.07) is 2.25. The van der Waals surface area contributed by atoms with Crippen molar-refractivity contribution in [1.82, 2.24) is 0 Å². The second-order valence-corrected chi connectivity index (χ2v) is 3.15. The standard InChI is InChI=1S/C10H8F3NO3/c11-10(12,13)8-4-7(2-1-3-15)5-9(6-8)14(16)17/h1-2,4-6,15H,3H2/b2-1+. The molecule has 0 radical (unpaired) electrons. The van der Waals surface area contributed by atoms with Gasteiger partial charge in [-0.1, -0.05) is 12.2 Å². The smallest absolute Gasteiger partial charge is 0.392 e. The summed E-state index contributed by atoms with van der Waals surface area (Å²) in [5.41, 5.74) is -1.72. The Hall–Kier alpha value is -1.89. The van der Waals surface area contributed by atoms with Gasteiger partial charge >= 0.3 is 6.18 Å². The van der Waals surface area contributed by atoms with Crippen molar-refractivity contribution >= 4 is 11.8 Å². The number of alkyl halides is 3. The van der Waals surface area contributed by atoms with Crippen molar-refractivity contribution in [2.24, 2.45) is 0 Å². The Kier molecular flexibility index (Phi) is 3.84. The molecule has 0 saturated heterocycles. The number of hydrogen-bond donors (Lipinski definition) is 1. The summed E-state index contributed by atoms with van der Waals surface area (Å²) >= 11 is 0. The first kappa shape index (κ1) is 13.2. The van der Waals surface area contributed by atoms with Gasteiger partial charge in [-0.25, -0.2) is 0 Å². The van der Waals surface area contributed by atoms with Crippen LogP contribution in [0.25, 0.3) is 6.08 Å². The average Bonchev–Trinajstić information content (AvgIpc) is 2.24. The number of aliphatic hydroxyl groups excluding tert-OH is 1. The molecule has 0 aliphatic rings. The molecule has 92 valence electrons. The molecule has 0 spiro atoms. The molecular formula is C10H8F3NO3. The number of rotatable bonds is 3. The van der Waals surface area contributed by atoms with Crippen LogP contribution >= 0.6 is 0 Å². The maximum atomic E-state index is 12.4. The van der Waals surface area contributed by atoms with Gasteiger partial charge < -0.3 is 5.11 Å². The van der Waals surface area contributed by atoms with Crippen molar-refractivity contribution < 1.29 is 23.2 Å². The van der Waals surface area contributed by atoms with Crippen molar-refractivity contribution in [2.75, 3.05) is 6.61 Å². The van der Waals surface area contributed by atoms with E-state index in [0.717, 1.165) is 12.1 Å². The quantitative estimate of drug-likeness (QED) is 0.659. The van der Waals surface area contributed by atoms with Crippen LogP contribution in [0.15, 0.2) is 24.3 Å². The SMILES string of the molecule is O=[N+]([O-])c1cc(/C=C/CO)cc(C(F)(F)F)c1. The Balaban J connectivity index is 3.29. The van der Waals surface area contributed by atoms with Crippen molar-refractivity contribution in [3.63, 3.8) is 0 Å². The zero-order chi connectivity index (χ0) is 13.1. The number of aliphatic hydroxyl groups is 1. The summed E-state index contributed by atoms with van der Waals surface area (Å²) < 4.78 is 37.3. The number of halogens is 3. The first-order valence-corrected chi connectivity index (χ1v) is 4.48. The molecular weight excluding hydrogens is 239 g/mol. The van der Waals surface area contributed by atoms with E-state index in [4.69, 9.17) is 5.11 Å². The highest BCUT2D eigenvalue weighted by Crippen LogP contribution is 2.32. The molecule has 1 N–H and O–H groups in total. The number of benzene rings is 1. The van der Waals surface area contributed by atoms with Crippen molar-refractivity contribution in [1.29, 1.82) is 0 Å². The van der Waals surface area contributed by atoms with E-state index in [0.29, 0.717) is 6.07 Å². The van der Waals surface area contributed by atoms with Crippen LogP contribution < -0.4 is 0 Å². The molecule has 7 heteroatoms. The monoisotopic (exact) mass is 247 g/mol. The second-order valence-electron chi connectivity index (χ2n) is 3.15. The second kappa shape index (κ2) is 4.96. The third-order valence-electron chi connectivity index (χ3n) is 1.89. The van der Waals surface area contributed by atoms with Gasteiger partial charge in [0.25, 0.3) is 5.69 Å². The average molecular weight is 247 g/mol. The maximum Gasteiger partial charge on any atom is 0.416 e. The Morgan fingerprint density at radius 3 is 2.47 bits per heavy atom. The van der Waals surface area contributed by atoms with E-state index in [1.54, 1.807) is 0 Å². The van der Waals surface area contributed by atoms with Crippen LogP contribution in [-0.2, 0) is 6.18 Å². The minimum absolute atomic E-state index is 0.0144. The van der Waals surface area contributed by atoms with Crippen molar-refractivity contribution in [3.8, 4) is 0 Å². The molecule has 0 aliphatic carbocycles. The Morgan fingerprint density at radius 2 is 2.00 bits per heavy atom. The molecule has 0 heterocycles. The highest BCUT2D eigenvalue weighted by molar-refractivity contribution is 5.55. The summed E-state index contributed by atoms with van der Waals surface area (Å²) in [5, 5.41) is 19.0. The van der Waals surface area contributed by atoms with Crippen LogP contribution in [-0.4, -0.2) is 16.6 Å². The van der Waals surface area contributed by atoms with Crippen LogP contribution in [0, 0.1) is 10.1 Å². The fraction of sp³-hybridized carbons (Fsp3) is 0.200. The van der Waals surface area contributed by atoms with E-state index in [2.05, 4.69) is 0 Å². The van der Waals surface area contributed by atoms with Crippen molar-refractivity contribution in [2.45, 2.75) is 6.18 Å². The molecule has 0 bridgehead atoms. The van der Waals surface area contributed by atoms with Crippen LogP contribution in [0.1, 0.15) is 11.1 Å². The number of nitro benzene ring substituents is 1. The van der Waals surface area contributed by atoms with E-state index in [-0.39, 0.29) is 12.2 Å². The summed E-state index contributed by atoms with van der Waals surface area (Å²) in [6.45, 7) is -0.357. The summed E-state index contributed by atoms with van der Waals surface area (Å²) in [6.07, 6.45) is -2.27. The molecule has 0 atom stereocenters. The van der Waals surface area contributed by atoms with Gasteiger partial charge in [-0.05, 0) is 11.6 Å². The van der Waals surface area contributed by atoms with Gasteiger partial charge in [-0.15, -0.1) is 0 Å². The van der Waals surface area contributed by atoms with Crippen LogP contribution in [0.5, 0.6) is 0 Å². The zero-order valence-corrected chi connectivity index (χ0v) is 8.44. The van der Waals surface area contributed by atoms with E-state index in [1.807, 2.05) is 0 Å². The van der Waals surface area contributed by atoms with Gasteiger partial charge in [0.05, 0.1) is 17.1 Å². The summed E-state index contributed by atoms with van der Waals surface area (Å²) in [7, 11) is 0. The van der Waals surface area contributed by atoms with Crippen molar-refractivity contribution in [3.05, 3.63) is 45.5 Å². The Morgan fingerprint density at radius 1 is 1.35 bits per heavy atom. The molecule has 0 aromatic heterocycles.